The Labute approximate surface area is 169 Å². The van der Waals surface area contributed by atoms with Crippen molar-refractivity contribution in [1.82, 2.24) is 4.98 Å². The molecule has 1 aliphatic rings. The lowest BCUT2D eigenvalue weighted by Crippen LogP contribution is -2.37. The summed E-state index contributed by atoms with van der Waals surface area (Å²) in [6.45, 7) is 2.84. The minimum Gasteiger partial charge on any atom is -0.376 e. The van der Waals surface area contributed by atoms with Gasteiger partial charge in [-0.2, -0.15) is 0 Å². The Morgan fingerprint density at radius 3 is 2.86 bits per heavy atom. The molecule has 1 aromatic heterocycles. The van der Waals surface area contributed by atoms with Crippen LogP contribution in [0.3, 0.4) is 0 Å². The zero-order chi connectivity index (χ0) is 19.8. The fraction of sp³-hybridized carbons (Fsp3) is 0.300. The van der Waals surface area contributed by atoms with Crippen molar-refractivity contribution >= 4 is 44.2 Å². The van der Waals surface area contributed by atoms with Gasteiger partial charge in [-0.05, 0) is 55.7 Å². The highest BCUT2D eigenvalue weighted by Crippen LogP contribution is 2.34. The van der Waals surface area contributed by atoms with Gasteiger partial charge in [0.15, 0.2) is 16.8 Å². The Bertz CT molecular complexity index is 1050. The number of carbonyl (C=O) groups is 1. The van der Waals surface area contributed by atoms with Gasteiger partial charge >= 0.3 is 0 Å². The van der Waals surface area contributed by atoms with Gasteiger partial charge in [0.25, 0.3) is 5.91 Å². The highest BCUT2D eigenvalue weighted by atomic mass is 35.5. The molecule has 1 amide bonds. The quantitative estimate of drug-likeness (QED) is 0.568. The van der Waals surface area contributed by atoms with Crippen LogP contribution in [-0.2, 0) is 4.74 Å². The van der Waals surface area contributed by atoms with Crippen molar-refractivity contribution in [2.75, 3.05) is 18.1 Å². The molecule has 1 saturated heterocycles. The summed E-state index contributed by atoms with van der Waals surface area (Å²) in [5.74, 6) is -2.50. The second kappa shape index (κ2) is 7.73. The van der Waals surface area contributed by atoms with Crippen LogP contribution in [0.5, 0.6) is 0 Å². The molecule has 0 radical (unpaired) electrons. The van der Waals surface area contributed by atoms with E-state index in [4.69, 9.17) is 16.3 Å². The topological polar surface area (TPSA) is 42.4 Å². The fourth-order valence-electron chi connectivity index (χ4n) is 3.28. The number of rotatable bonds is 4. The number of thiazole rings is 1. The standard InChI is InChI=1S/C20H17ClF2N2O2S/c1-11-7-13(21)9-17-18(11)24-20(28-17)25(10-14-3-2-6-27-14)19(26)12-4-5-15(22)16(23)8-12/h4-5,7-9,14H,2-3,6,10H2,1H3. The van der Waals surface area contributed by atoms with E-state index in [1.54, 1.807) is 6.07 Å². The van der Waals surface area contributed by atoms with E-state index >= 15 is 0 Å². The number of ether oxygens (including phenoxy) is 1. The Kier molecular flexibility index (Phi) is 5.31. The summed E-state index contributed by atoms with van der Waals surface area (Å²) in [6.07, 6.45) is 1.63. The number of halogens is 3. The van der Waals surface area contributed by atoms with Crippen LogP contribution in [-0.4, -0.2) is 30.1 Å². The third-order valence-corrected chi connectivity index (χ3v) is 5.94. The number of nitrogens with zero attached hydrogens (tertiary/aromatic N) is 2. The van der Waals surface area contributed by atoms with Gasteiger partial charge < -0.3 is 4.74 Å². The van der Waals surface area contributed by atoms with Crippen LogP contribution in [0.1, 0.15) is 28.8 Å². The first kappa shape index (κ1) is 19.2. The number of benzene rings is 2. The minimum atomic E-state index is -1.06. The molecule has 4 rings (SSSR count). The van der Waals surface area contributed by atoms with Crippen LogP contribution in [0, 0.1) is 18.6 Å². The number of carbonyl (C=O) groups excluding carboxylic acids is 1. The van der Waals surface area contributed by atoms with Gasteiger partial charge in [-0.25, -0.2) is 13.8 Å². The van der Waals surface area contributed by atoms with Crippen LogP contribution in [0.15, 0.2) is 30.3 Å². The van der Waals surface area contributed by atoms with Gasteiger partial charge in [-0.15, -0.1) is 0 Å². The number of aryl methyl sites for hydroxylation is 1. The smallest absolute Gasteiger partial charge is 0.260 e. The predicted molar refractivity (Wildman–Crippen MR) is 106 cm³/mol. The molecule has 0 bridgehead atoms. The first-order chi connectivity index (χ1) is 13.4. The van der Waals surface area contributed by atoms with Crippen LogP contribution in [0.4, 0.5) is 13.9 Å². The molecular weight excluding hydrogens is 406 g/mol. The second-order valence-electron chi connectivity index (χ2n) is 6.75. The molecule has 0 spiro atoms. The molecule has 4 nitrogen and oxygen atoms in total. The number of hydrogen-bond donors (Lipinski definition) is 0. The minimum absolute atomic E-state index is 0.0610. The van der Waals surface area contributed by atoms with Crippen LogP contribution < -0.4 is 4.90 Å². The molecule has 1 fully saturated rings. The van der Waals surface area contributed by atoms with Crippen molar-refractivity contribution < 1.29 is 18.3 Å². The first-order valence-electron chi connectivity index (χ1n) is 8.87. The van der Waals surface area contributed by atoms with Gasteiger partial charge in [-0.3, -0.25) is 9.69 Å². The van der Waals surface area contributed by atoms with Crippen molar-refractivity contribution in [2.24, 2.45) is 0 Å². The van der Waals surface area contributed by atoms with E-state index in [1.807, 2.05) is 13.0 Å². The van der Waals surface area contributed by atoms with E-state index in [1.165, 1.54) is 22.3 Å². The molecular formula is C20H17ClF2N2O2S. The van der Waals surface area contributed by atoms with E-state index in [0.29, 0.717) is 23.3 Å². The number of anilines is 1. The summed E-state index contributed by atoms with van der Waals surface area (Å²) in [7, 11) is 0. The van der Waals surface area contributed by atoms with E-state index in [0.717, 1.165) is 40.8 Å². The molecule has 2 heterocycles. The van der Waals surface area contributed by atoms with E-state index in [-0.39, 0.29) is 11.7 Å². The maximum atomic E-state index is 13.7. The molecule has 1 aliphatic heterocycles. The summed E-state index contributed by atoms with van der Waals surface area (Å²) < 4.78 is 33.5. The predicted octanol–water partition coefficient (Wildman–Crippen LogP) is 5.36. The maximum absolute atomic E-state index is 13.7. The fourth-order valence-corrected chi connectivity index (χ4v) is 4.71. The average molecular weight is 423 g/mol. The molecule has 1 unspecified atom stereocenters. The zero-order valence-electron chi connectivity index (χ0n) is 15.0. The Balaban J connectivity index is 1.75. The molecule has 2 aromatic carbocycles. The van der Waals surface area contributed by atoms with Crippen LogP contribution in [0.2, 0.25) is 5.02 Å². The molecule has 8 heteroatoms. The number of aromatic nitrogens is 1. The van der Waals surface area contributed by atoms with Gasteiger partial charge in [0.05, 0.1) is 22.9 Å². The molecule has 1 atom stereocenters. The largest absolute Gasteiger partial charge is 0.376 e. The maximum Gasteiger partial charge on any atom is 0.260 e. The second-order valence-corrected chi connectivity index (χ2v) is 8.19. The molecule has 0 N–H and O–H groups in total. The SMILES string of the molecule is Cc1cc(Cl)cc2sc(N(CC3CCCO3)C(=O)c3ccc(F)c(F)c3)nc12. The summed E-state index contributed by atoms with van der Waals surface area (Å²) >= 11 is 7.48. The van der Waals surface area contributed by atoms with Crippen LogP contribution >= 0.6 is 22.9 Å². The third kappa shape index (κ3) is 3.74. The van der Waals surface area contributed by atoms with Gasteiger partial charge in [0.2, 0.25) is 0 Å². The van der Waals surface area contributed by atoms with Crippen molar-refractivity contribution in [2.45, 2.75) is 25.9 Å². The molecule has 146 valence electrons. The number of hydrogen-bond acceptors (Lipinski definition) is 4. The Hall–Kier alpha value is -2.09. The third-order valence-electron chi connectivity index (χ3n) is 4.69. The lowest BCUT2D eigenvalue weighted by atomic mass is 10.1. The van der Waals surface area contributed by atoms with Crippen molar-refractivity contribution in [3.8, 4) is 0 Å². The van der Waals surface area contributed by atoms with E-state index in [2.05, 4.69) is 4.98 Å². The summed E-state index contributed by atoms with van der Waals surface area (Å²) in [6, 6.07) is 6.76. The first-order valence-corrected chi connectivity index (χ1v) is 10.1. The summed E-state index contributed by atoms with van der Waals surface area (Å²) in [4.78, 5) is 19.3. The summed E-state index contributed by atoms with van der Waals surface area (Å²) in [5, 5.41) is 1.07. The lowest BCUT2D eigenvalue weighted by Gasteiger charge is -2.23. The van der Waals surface area contributed by atoms with Crippen LogP contribution in [0.25, 0.3) is 10.2 Å². The highest BCUT2D eigenvalue weighted by molar-refractivity contribution is 7.22. The van der Waals surface area contributed by atoms with Gasteiger partial charge in [0, 0.05) is 17.2 Å². The number of fused-ring (bicyclic) bond motifs is 1. The summed E-state index contributed by atoms with van der Waals surface area (Å²) in [5.41, 5.74) is 1.73. The number of amides is 1. The monoisotopic (exact) mass is 422 g/mol. The molecule has 0 aliphatic carbocycles. The molecule has 28 heavy (non-hydrogen) atoms. The zero-order valence-corrected chi connectivity index (χ0v) is 16.6. The van der Waals surface area contributed by atoms with Crippen molar-refractivity contribution in [3.63, 3.8) is 0 Å². The van der Waals surface area contributed by atoms with Crippen molar-refractivity contribution in [3.05, 3.63) is 58.1 Å². The van der Waals surface area contributed by atoms with E-state index in [9.17, 15) is 13.6 Å². The normalized spacial score (nSPS) is 16.6. The average Bonchev–Trinajstić information content (AvgIpc) is 3.31. The van der Waals surface area contributed by atoms with Crippen molar-refractivity contribution in [1.29, 1.82) is 0 Å². The van der Waals surface area contributed by atoms with E-state index < -0.39 is 17.5 Å². The Morgan fingerprint density at radius 2 is 2.14 bits per heavy atom. The van der Waals surface area contributed by atoms with Gasteiger partial charge in [-0.1, -0.05) is 22.9 Å². The lowest BCUT2D eigenvalue weighted by molar-refractivity contribution is 0.0917. The molecule has 0 saturated carbocycles. The van der Waals surface area contributed by atoms with Gasteiger partial charge in [0.1, 0.15) is 0 Å². The Morgan fingerprint density at radius 1 is 1.32 bits per heavy atom. The molecule has 3 aromatic rings. The highest BCUT2D eigenvalue weighted by Gasteiger charge is 2.27.